The van der Waals surface area contributed by atoms with Gasteiger partial charge in [0.25, 0.3) is 5.56 Å². The highest BCUT2D eigenvalue weighted by Gasteiger charge is 2.32. The molecule has 2 aromatic carbocycles. The van der Waals surface area contributed by atoms with Crippen LogP contribution in [0, 0.1) is 0 Å². The lowest BCUT2D eigenvalue weighted by Gasteiger charge is -2.13. The van der Waals surface area contributed by atoms with Gasteiger partial charge in [0.05, 0.1) is 11.3 Å². The van der Waals surface area contributed by atoms with Crippen LogP contribution in [-0.4, -0.2) is 9.97 Å². The average molecular weight is 345 g/mol. The number of benzene rings is 2. The Hall–Kier alpha value is -3.09. The fourth-order valence-electron chi connectivity index (χ4n) is 2.43. The minimum atomic E-state index is -4.44. The van der Waals surface area contributed by atoms with E-state index in [9.17, 15) is 18.0 Å². The van der Waals surface area contributed by atoms with Crippen LogP contribution in [-0.2, 0) is 12.7 Å². The van der Waals surface area contributed by atoms with Crippen molar-refractivity contribution in [2.45, 2.75) is 12.7 Å². The Kier molecular flexibility index (Phi) is 4.56. The molecule has 4 nitrogen and oxygen atoms in total. The molecule has 7 heteroatoms. The van der Waals surface area contributed by atoms with Crippen molar-refractivity contribution < 1.29 is 13.2 Å². The van der Waals surface area contributed by atoms with Gasteiger partial charge >= 0.3 is 6.18 Å². The molecule has 1 aromatic heterocycles. The first-order valence-electron chi connectivity index (χ1n) is 7.49. The number of hydrogen-bond acceptors (Lipinski definition) is 3. The Balaban J connectivity index is 1.86. The molecule has 0 amide bonds. The second-order valence-electron chi connectivity index (χ2n) is 5.35. The molecule has 128 valence electrons. The quantitative estimate of drug-likeness (QED) is 0.749. The number of alkyl halides is 3. The molecule has 3 aromatic rings. The minimum Gasteiger partial charge on any atom is -0.352 e. The molecule has 25 heavy (non-hydrogen) atoms. The number of aromatic nitrogens is 2. The van der Waals surface area contributed by atoms with Crippen molar-refractivity contribution in [2.75, 3.05) is 5.32 Å². The maximum atomic E-state index is 13.0. The zero-order chi connectivity index (χ0) is 17.9. The summed E-state index contributed by atoms with van der Waals surface area (Å²) in [4.78, 5) is 18.6. The van der Waals surface area contributed by atoms with E-state index in [1.165, 1.54) is 24.3 Å². The number of H-pyrrole nitrogens is 1. The van der Waals surface area contributed by atoms with Gasteiger partial charge in [-0.3, -0.25) is 9.78 Å². The first kappa shape index (κ1) is 16.8. The highest BCUT2D eigenvalue weighted by Crippen LogP contribution is 2.32. The molecule has 0 atom stereocenters. The van der Waals surface area contributed by atoms with Gasteiger partial charge in [-0.15, -0.1) is 0 Å². The summed E-state index contributed by atoms with van der Waals surface area (Å²) in [5, 5.41) is 2.76. The van der Waals surface area contributed by atoms with E-state index >= 15 is 0 Å². The lowest BCUT2D eigenvalue weighted by Crippen LogP contribution is -2.15. The maximum absolute atomic E-state index is 13.0. The van der Waals surface area contributed by atoms with E-state index in [2.05, 4.69) is 15.3 Å². The Morgan fingerprint density at radius 2 is 1.68 bits per heavy atom. The predicted octanol–water partition coefficient (Wildman–Crippen LogP) is 4.07. The Morgan fingerprint density at radius 3 is 2.40 bits per heavy atom. The van der Waals surface area contributed by atoms with E-state index in [0.29, 0.717) is 5.69 Å². The molecule has 0 radical (unpaired) electrons. The van der Waals surface area contributed by atoms with Gasteiger partial charge in [0.2, 0.25) is 5.95 Å². The number of rotatable bonds is 4. The van der Waals surface area contributed by atoms with Gasteiger partial charge in [-0.25, -0.2) is 4.98 Å². The molecule has 0 aliphatic heterocycles. The van der Waals surface area contributed by atoms with Crippen LogP contribution >= 0.6 is 0 Å². The van der Waals surface area contributed by atoms with E-state index in [0.717, 1.165) is 11.6 Å². The molecule has 0 saturated heterocycles. The van der Waals surface area contributed by atoms with Crippen LogP contribution in [0.1, 0.15) is 11.1 Å². The molecule has 0 aliphatic carbocycles. The molecule has 3 rings (SSSR count). The first-order chi connectivity index (χ1) is 11.9. The van der Waals surface area contributed by atoms with Crippen LogP contribution in [0.3, 0.4) is 0 Å². The number of nitrogens with one attached hydrogen (secondary N) is 2. The highest BCUT2D eigenvalue weighted by atomic mass is 19.4. The standard InChI is InChI=1S/C18H14F3N3O/c19-18(20,21)14-9-5-4-8-13(14)11-22-17-23-15(10-16(25)24-17)12-6-2-1-3-7-12/h1-10H,11H2,(H2,22,23,24,25). The van der Waals surface area contributed by atoms with Gasteiger partial charge in [0, 0.05) is 18.2 Å². The van der Waals surface area contributed by atoms with Gasteiger partial charge in [0.1, 0.15) is 0 Å². The molecule has 0 fully saturated rings. The number of anilines is 1. The molecule has 0 spiro atoms. The van der Waals surface area contributed by atoms with Crippen LogP contribution < -0.4 is 10.9 Å². The summed E-state index contributed by atoms with van der Waals surface area (Å²) < 4.78 is 39.1. The third-order valence-corrected chi connectivity index (χ3v) is 3.58. The van der Waals surface area contributed by atoms with Crippen molar-refractivity contribution in [1.29, 1.82) is 0 Å². The van der Waals surface area contributed by atoms with E-state index in [1.54, 1.807) is 12.1 Å². The van der Waals surface area contributed by atoms with Crippen molar-refractivity contribution in [2.24, 2.45) is 0 Å². The van der Waals surface area contributed by atoms with E-state index in [1.807, 2.05) is 18.2 Å². The highest BCUT2D eigenvalue weighted by molar-refractivity contribution is 5.59. The zero-order valence-electron chi connectivity index (χ0n) is 13.0. The third-order valence-electron chi connectivity index (χ3n) is 3.58. The van der Waals surface area contributed by atoms with Crippen LogP contribution in [0.15, 0.2) is 65.5 Å². The summed E-state index contributed by atoms with van der Waals surface area (Å²) in [6, 6.07) is 15.7. The number of nitrogens with zero attached hydrogens (tertiary/aromatic N) is 1. The molecule has 0 unspecified atom stereocenters. The second kappa shape index (κ2) is 6.80. The Morgan fingerprint density at radius 1 is 1.00 bits per heavy atom. The summed E-state index contributed by atoms with van der Waals surface area (Å²) in [7, 11) is 0. The van der Waals surface area contributed by atoms with Crippen molar-refractivity contribution >= 4 is 5.95 Å². The summed E-state index contributed by atoms with van der Waals surface area (Å²) in [6.07, 6.45) is -4.44. The monoisotopic (exact) mass is 345 g/mol. The maximum Gasteiger partial charge on any atom is 0.416 e. The van der Waals surface area contributed by atoms with Gasteiger partial charge in [-0.2, -0.15) is 13.2 Å². The zero-order valence-corrected chi connectivity index (χ0v) is 13.0. The normalized spacial score (nSPS) is 11.3. The van der Waals surface area contributed by atoms with Gasteiger partial charge in [-0.1, -0.05) is 48.5 Å². The first-order valence-corrected chi connectivity index (χ1v) is 7.49. The SMILES string of the molecule is O=c1cc(-c2ccccc2)nc(NCc2ccccc2C(F)(F)F)[nH]1. The Labute approximate surface area is 141 Å². The van der Waals surface area contributed by atoms with Crippen LogP contribution in [0.5, 0.6) is 0 Å². The number of halogens is 3. The predicted molar refractivity (Wildman–Crippen MR) is 89.1 cm³/mol. The molecular weight excluding hydrogens is 331 g/mol. The molecule has 0 bridgehead atoms. The lowest BCUT2D eigenvalue weighted by molar-refractivity contribution is -0.138. The largest absolute Gasteiger partial charge is 0.416 e. The fourth-order valence-corrected chi connectivity index (χ4v) is 2.43. The summed E-state index contributed by atoms with van der Waals surface area (Å²) >= 11 is 0. The van der Waals surface area contributed by atoms with E-state index in [4.69, 9.17) is 0 Å². The van der Waals surface area contributed by atoms with E-state index < -0.39 is 11.7 Å². The smallest absolute Gasteiger partial charge is 0.352 e. The van der Waals surface area contributed by atoms with E-state index in [-0.39, 0.29) is 23.6 Å². The fraction of sp³-hybridized carbons (Fsp3) is 0.111. The number of aromatic amines is 1. The lowest BCUT2D eigenvalue weighted by atomic mass is 10.1. The average Bonchev–Trinajstić information content (AvgIpc) is 2.60. The number of hydrogen-bond donors (Lipinski definition) is 2. The summed E-state index contributed by atoms with van der Waals surface area (Å²) in [5.74, 6) is 0.114. The van der Waals surface area contributed by atoms with Crippen LogP contribution in [0.4, 0.5) is 19.1 Å². The van der Waals surface area contributed by atoms with Crippen LogP contribution in [0.25, 0.3) is 11.3 Å². The molecule has 2 N–H and O–H groups in total. The van der Waals surface area contributed by atoms with Crippen molar-refractivity contribution in [1.82, 2.24) is 9.97 Å². The third kappa shape index (κ3) is 4.06. The minimum absolute atomic E-state index is 0.0720. The molecule has 1 heterocycles. The topological polar surface area (TPSA) is 57.8 Å². The second-order valence-corrected chi connectivity index (χ2v) is 5.35. The van der Waals surface area contributed by atoms with Crippen LogP contribution in [0.2, 0.25) is 0 Å². The van der Waals surface area contributed by atoms with Crippen molar-refractivity contribution in [3.05, 3.63) is 82.1 Å². The van der Waals surface area contributed by atoms with Gasteiger partial charge in [-0.05, 0) is 11.6 Å². The molecular formula is C18H14F3N3O. The Bertz CT molecular complexity index is 921. The van der Waals surface area contributed by atoms with Crippen molar-refractivity contribution in [3.63, 3.8) is 0 Å². The van der Waals surface area contributed by atoms with Crippen molar-refractivity contribution in [3.8, 4) is 11.3 Å². The molecule has 0 saturated carbocycles. The molecule has 0 aliphatic rings. The summed E-state index contributed by atoms with van der Waals surface area (Å²) in [5.41, 5.74) is 0.149. The summed E-state index contributed by atoms with van der Waals surface area (Å²) in [6.45, 7) is -0.114. The van der Waals surface area contributed by atoms with Gasteiger partial charge < -0.3 is 5.32 Å². The van der Waals surface area contributed by atoms with Gasteiger partial charge in [0.15, 0.2) is 0 Å².